The summed E-state index contributed by atoms with van der Waals surface area (Å²) in [6.45, 7) is 11.7. The highest BCUT2D eigenvalue weighted by atomic mass is 28.4. The molecule has 1 aromatic rings. The first-order valence-corrected chi connectivity index (χ1v) is 11.2. The van der Waals surface area contributed by atoms with Crippen molar-refractivity contribution in [1.29, 1.82) is 0 Å². The van der Waals surface area contributed by atoms with Crippen LogP contribution in [0.5, 0.6) is 5.75 Å². The Morgan fingerprint density at radius 3 is 2.33 bits per heavy atom. The first-order valence-electron chi connectivity index (χ1n) is 8.38. The highest BCUT2D eigenvalue weighted by Gasteiger charge is 2.27. The summed E-state index contributed by atoms with van der Waals surface area (Å²) in [7, 11) is -2.09. The lowest BCUT2D eigenvalue weighted by Crippen LogP contribution is -2.39. The molecule has 0 atom stereocenters. The van der Waals surface area contributed by atoms with Crippen molar-refractivity contribution in [2.45, 2.75) is 71.9 Å². The molecular formula is C18H32O2Si. The molecule has 0 bridgehead atoms. The lowest BCUT2D eigenvalue weighted by Gasteiger charge is -2.26. The van der Waals surface area contributed by atoms with E-state index >= 15 is 0 Å². The summed E-state index contributed by atoms with van der Waals surface area (Å²) in [6.07, 6.45) is 6.35. The van der Waals surface area contributed by atoms with Crippen molar-refractivity contribution in [3.63, 3.8) is 0 Å². The minimum Gasteiger partial charge on any atom is -0.520 e. The van der Waals surface area contributed by atoms with Crippen LogP contribution in [0.25, 0.3) is 0 Å². The Labute approximate surface area is 132 Å². The molecule has 0 fully saturated rings. The SMILES string of the molecule is CCCCCCCO[Si](C)(C)Oc1ccccc1C(C)C. The average Bonchev–Trinajstić information content (AvgIpc) is 2.42. The van der Waals surface area contributed by atoms with E-state index < -0.39 is 8.56 Å². The van der Waals surface area contributed by atoms with Crippen LogP contribution < -0.4 is 4.43 Å². The Morgan fingerprint density at radius 2 is 1.67 bits per heavy atom. The van der Waals surface area contributed by atoms with Crippen LogP contribution in [-0.4, -0.2) is 15.2 Å². The van der Waals surface area contributed by atoms with Gasteiger partial charge in [-0.05, 0) is 37.1 Å². The van der Waals surface area contributed by atoms with Crippen LogP contribution in [0.1, 0.15) is 64.4 Å². The van der Waals surface area contributed by atoms with E-state index in [0.717, 1.165) is 18.8 Å². The van der Waals surface area contributed by atoms with Gasteiger partial charge in [-0.3, -0.25) is 0 Å². The van der Waals surface area contributed by atoms with E-state index in [1.165, 1.54) is 31.2 Å². The monoisotopic (exact) mass is 308 g/mol. The number of hydrogen-bond donors (Lipinski definition) is 0. The van der Waals surface area contributed by atoms with E-state index in [4.69, 9.17) is 8.85 Å². The van der Waals surface area contributed by atoms with E-state index in [1.807, 2.05) is 6.07 Å². The number of para-hydroxylation sites is 1. The van der Waals surface area contributed by atoms with Crippen LogP contribution in [0.15, 0.2) is 24.3 Å². The summed E-state index contributed by atoms with van der Waals surface area (Å²) in [4.78, 5) is 0. The van der Waals surface area contributed by atoms with Gasteiger partial charge in [-0.25, -0.2) is 0 Å². The van der Waals surface area contributed by atoms with Crippen LogP contribution in [0.3, 0.4) is 0 Å². The molecule has 0 aliphatic carbocycles. The Morgan fingerprint density at radius 1 is 1.00 bits per heavy atom. The van der Waals surface area contributed by atoms with Crippen molar-refractivity contribution < 1.29 is 8.85 Å². The minimum absolute atomic E-state index is 0.472. The van der Waals surface area contributed by atoms with Crippen LogP contribution in [0.2, 0.25) is 13.1 Å². The van der Waals surface area contributed by atoms with Gasteiger partial charge < -0.3 is 8.85 Å². The van der Waals surface area contributed by atoms with Crippen LogP contribution >= 0.6 is 0 Å². The standard InChI is InChI=1S/C18H32O2Si/c1-6-7-8-9-12-15-19-21(4,5)20-18-14-11-10-13-17(18)16(2)3/h10-11,13-14,16H,6-9,12,15H2,1-5H3. The quantitative estimate of drug-likeness (QED) is 0.397. The van der Waals surface area contributed by atoms with Crippen LogP contribution in [-0.2, 0) is 4.43 Å². The van der Waals surface area contributed by atoms with Crippen LogP contribution in [0, 0.1) is 0 Å². The number of unbranched alkanes of at least 4 members (excludes halogenated alkanes) is 4. The summed E-state index contributed by atoms with van der Waals surface area (Å²) < 4.78 is 12.3. The van der Waals surface area contributed by atoms with Crippen molar-refractivity contribution in [1.82, 2.24) is 0 Å². The maximum Gasteiger partial charge on any atom is 0.392 e. The Balaban J connectivity index is 2.45. The molecule has 0 unspecified atom stereocenters. The molecule has 1 rings (SSSR count). The fourth-order valence-corrected chi connectivity index (χ4v) is 3.78. The topological polar surface area (TPSA) is 18.5 Å². The van der Waals surface area contributed by atoms with Gasteiger partial charge in [-0.15, -0.1) is 0 Å². The molecule has 0 aliphatic rings. The molecular weight excluding hydrogens is 276 g/mol. The van der Waals surface area contributed by atoms with Gasteiger partial charge in [-0.1, -0.05) is 64.7 Å². The van der Waals surface area contributed by atoms with Gasteiger partial charge >= 0.3 is 8.56 Å². The molecule has 21 heavy (non-hydrogen) atoms. The van der Waals surface area contributed by atoms with Crippen LogP contribution in [0.4, 0.5) is 0 Å². The van der Waals surface area contributed by atoms with E-state index in [2.05, 4.69) is 52.1 Å². The van der Waals surface area contributed by atoms with Gasteiger partial charge in [0.15, 0.2) is 0 Å². The maximum atomic E-state index is 6.24. The third kappa shape index (κ3) is 7.14. The van der Waals surface area contributed by atoms with E-state index in [9.17, 15) is 0 Å². The van der Waals surface area contributed by atoms with Crippen molar-refractivity contribution >= 4 is 8.56 Å². The smallest absolute Gasteiger partial charge is 0.392 e. The minimum atomic E-state index is -2.09. The van der Waals surface area contributed by atoms with Crippen molar-refractivity contribution in [2.24, 2.45) is 0 Å². The van der Waals surface area contributed by atoms with Gasteiger partial charge in [0, 0.05) is 6.61 Å². The molecule has 0 saturated carbocycles. The Kier molecular flexibility index (Phi) is 8.05. The van der Waals surface area contributed by atoms with Gasteiger partial charge in [0.1, 0.15) is 5.75 Å². The fraction of sp³-hybridized carbons (Fsp3) is 0.667. The van der Waals surface area contributed by atoms with Crippen molar-refractivity contribution in [3.05, 3.63) is 29.8 Å². The second-order valence-corrected chi connectivity index (χ2v) is 9.75. The van der Waals surface area contributed by atoms with E-state index in [1.54, 1.807) is 0 Å². The number of rotatable bonds is 10. The van der Waals surface area contributed by atoms with Gasteiger partial charge in [0.2, 0.25) is 0 Å². The molecule has 120 valence electrons. The summed E-state index contributed by atoms with van der Waals surface area (Å²) in [6, 6.07) is 8.33. The third-order valence-electron chi connectivity index (χ3n) is 3.59. The largest absolute Gasteiger partial charge is 0.520 e. The summed E-state index contributed by atoms with van der Waals surface area (Å²) in [5.74, 6) is 1.47. The molecule has 0 aromatic heterocycles. The van der Waals surface area contributed by atoms with Crippen molar-refractivity contribution in [3.8, 4) is 5.75 Å². The molecule has 0 N–H and O–H groups in total. The summed E-state index contributed by atoms with van der Waals surface area (Å²) >= 11 is 0. The predicted molar refractivity (Wildman–Crippen MR) is 93.4 cm³/mol. The molecule has 2 nitrogen and oxygen atoms in total. The highest BCUT2D eigenvalue weighted by Crippen LogP contribution is 2.28. The lowest BCUT2D eigenvalue weighted by molar-refractivity contribution is 0.240. The lowest BCUT2D eigenvalue weighted by atomic mass is 10.0. The van der Waals surface area contributed by atoms with Gasteiger partial charge in [0.25, 0.3) is 0 Å². The molecule has 1 aromatic carbocycles. The first kappa shape index (κ1) is 18.2. The highest BCUT2D eigenvalue weighted by molar-refractivity contribution is 6.65. The second kappa shape index (κ2) is 9.26. The molecule has 0 radical (unpaired) electrons. The molecule has 3 heteroatoms. The second-order valence-electron chi connectivity index (χ2n) is 6.46. The third-order valence-corrected chi connectivity index (χ3v) is 5.21. The van der Waals surface area contributed by atoms with Crippen molar-refractivity contribution in [2.75, 3.05) is 6.61 Å². The van der Waals surface area contributed by atoms with Gasteiger partial charge in [0.05, 0.1) is 0 Å². The average molecular weight is 309 g/mol. The molecule has 0 amide bonds. The Bertz CT molecular complexity index is 402. The maximum absolute atomic E-state index is 6.24. The molecule has 0 heterocycles. The normalized spacial score (nSPS) is 11.9. The summed E-state index contributed by atoms with van der Waals surface area (Å²) in [5, 5.41) is 0. The predicted octanol–water partition coefficient (Wildman–Crippen LogP) is 5.88. The molecule has 0 spiro atoms. The zero-order valence-corrected chi connectivity index (χ0v) is 15.4. The molecule has 0 saturated heterocycles. The molecule has 0 aliphatic heterocycles. The van der Waals surface area contributed by atoms with Gasteiger partial charge in [-0.2, -0.15) is 0 Å². The zero-order chi connectivity index (χ0) is 15.7. The number of hydrogen-bond acceptors (Lipinski definition) is 2. The summed E-state index contributed by atoms with van der Waals surface area (Å²) in [5.41, 5.74) is 1.27. The Hall–Kier alpha value is -0.803. The van der Waals surface area contributed by atoms with E-state index in [0.29, 0.717) is 5.92 Å². The first-order chi connectivity index (χ1) is 9.96. The van der Waals surface area contributed by atoms with E-state index in [-0.39, 0.29) is 0 Å². The fourth-order valence-electron chi connectivity index (χ4n) is 2.37. The zero-order valence-electron chi connectivity index (χ0n) is 14.4. The number of benzene rings is 1.